The van der Waals surface area contributed by atoms with Crippen LogP contribution in [0.3, 0.4) is 0 Å². The van der Waals surface area contributed by atoms with Gasteiger partial charge in [-0.25, -0.2) is 0 Å². The second-order valence-corrected chi connectivity index (χ2v) is 10.8. The molecule has 1 aliphatic heterocycles. The van der Waals surface area contributed by atoms with Crippen LogP contribution in [0.4, 0.5) is 26.3 Å². The van der Waals surface area contributed by atoms with Crippen LogP contribution in [0.15, 0.2) is 24.3 Å². The van der Waals surface area contributed by atoms with Gasteiger partial charge in [0, 0.05) is 11.0 Å². The zero-order valence-corrected chi connectivity index (χ0v) is 17.7. The number of Topliss-reactive ketones (excluding diaryl/α,β-unsaturated/α-hetero) is 1. The molecule has 30 heavy (non-hydrogen) atoms. The summed E-state index contributed by atoms with van der Waals surface area (Å²) in [6.45, 7) is 3.90. The molecular formula is C20H25F6O3S+. The van der Waals surface area contributed by atoms with Crippen LogP contribution in [0.2, 0.25) is 0 Å². The van der Waals surface area contributed by atoms with Gasteiger partial charge < -0.3 is 9.84 Å². The highest BCUT2D eigenvalue weighted by Crippen LogP contribution is 2.43. The number of alkyl halides is 6. The van der Waals surface area contributed by atoms with Gasteiger partial charge in [0.2, 0.25) is 5.78 Å². The van der Waals surface area contributed by atoms with Crippen LogP contribution in [0.5, 0.6) is 5.75 Å². The number of hydrogen-bond donors (Lipinski definition) is 1. The standard InChI is InChI=1S/C20H25F6O3S/c1-17(2,3)16(30-10-4-5-11-30)15(27)13-6-8-14(9-7-13)29-12-18(28,19(21,22)23)20(24,25)26/h6-9,16,28H,4-5,10-12H2,1-3H3/q+1. The van der Waals surface area contributed by atoms with Crippen LogP contribution in [0, 0.1) is 5.41 Å². The summed E-state index contributed by atoms with van der Waals surface area (Å²) in [5.74, 6) is 1.54. The van der Waals surface area contributed by atoms with Crippen molar-refractivity contribution in [2.75, 3.05) is 18.1 Å². The highest BCUT2D eigenvalue weighted by molar-refractivity contribution is 7.98. The summed E-state index contributed by atoms with van der Waals surface area (Å²) in [5.41, 5.74) is -4.95. The summed E-state index contributed by atoms with van der Waals surface area (Å²) < 4.78 is 81.0. The lowest BCUT2D eigenvalue weighted by atomic mass is 9.87. The molecule has 1 N–H and O–H groups in total. The summed E-state index contributed by atoms with van der Waals surface area (Å²) in [6, 6.07) is 4.93. The minimum Gasteiger partial charge on any atom is -0.490 e. The largest absolute Gasteiger partial charge is 0.490 e. The van der Waals surface area contributed by atoms with Crippen molar-refractivity contribution < 1.29 is 41.0 Å². The van der Waals surface area contributed by atoms with Gasteiger partial charge in [-0.15, -0.1) is 0 Å². The van der Waals surface area contributed by atoms with E-state index in [1.807, 2.05) is 20.8 Å². The number of ketones is 1. The van der Waals surface area contributed by atoms with E-state index in [0.29, 0.717) is 5.56 Å². The number of halogens is 6. The van der Waals surface area contributed by atoms with E-state index in [1.165, 1.54) is 12.1 Å². The number of ether oxygens (including phenoxy) is 1. The Bertz CT molecular complexity index is 717. The van der Waals surface area contributed by atoms with Gasteiger partial charge in [-0.2, -0.15) is 26.3 Å². The summed E-state index contributed by atoms with van der Waals surface area (Å²) in [7, 11) is -0.0695. The fourth-order valence-corrected chi connectivity index (χ4v) is 6.60. The van der Waals surface area contributed by atoms with Crippen molar-refractivity contribution in [1.29, 1.82) is 0 Å². The van der Waals surface area contributed by atoms with Gasteiger partial charge in [0.05, 0.1) is 0 Å². The molecule has 170 valence electrons. The molecule has 3 nitrogen and oxygen atoms in total. The Labute approximate surface area is 174 Å². The smallest absolute Gasteiger partial charge is 0.429 e. The van der Waals surface area contributed by atoms with E-state index in [0.717, 1.165) is 36.5 Å². The van der Waals surface area contributed by atoms with Gasteiger partial charge in [-0.05, 0) is 48.0 Å². The molecule has 0 amide bonds. The zero-order valence-electron chi connectivity index (χ0n) is 16.9. The van der Waals surface area contributed by atoms with Crippen molar-refractivity contribution in [3.8, 4) is 5.75 Å². The van der Waals surface area contributed by atoms with Crippen LogP contribution in [0.1, 0.15) is 44.0 Å². The van der Waals surface area contributed by atoms with Gasteiger partial charge in [-0.3, -0.25) is 4.79 Å². The Kier molecular flexibility index (Phi) is 7.13. The van der Waals surface area contributed by atoms with Crippen LogP contribution in [0.25, 0.3) is 0 Å². The molecule has 0 bridgehead atoms. The molecule has 0 radical (unpaired) electrons. The molecule has 1 aromatic rings. The Balaban J connectivity index is 2.17. The van der Waals surface area contributed by atoms with E-state index in [2.05, 4.69) is 4.74 Å². The van der Waals surface area contributed by atoms with Crippen molar-refractivity contribution >= 4 is 16.7 Å². The number of benzene rings is 1. The van der Waals surface area contributed by atoms with Gasteiger partial charge >= 0.3 is 12.4 Å². The van der Waals surface area contributed by atoms with E-state index in [-0.39, 0.29) is 33.1 Å². The Morgan fingerprint density at radius 2 is 1.47 bits per heavy atom. The van der Waals surface area contributed by atoms with Gasteiger partial charge in [0.15, 0.2) is 5.25 Å². The molecule has 0 aliphatic carbocycles. The third-order valence-electron chi connectivity index (χ3n) is 4.95. The fraction of sp³-hybridized carbons (Fsp3) is 0.650. The number of rotatable bonds is 6. The number of aliphatic hydroxyl groups is 1. The molecule has 1 atom stereocenters. The van der Waals surface area contributed by atoms with Crippen molar-refractivity contribution in [2.24, 2.45) is 5.41 Å². The SMILES string of the molecule is CC(C)(C)C(C(=O)c1ccc(OCC(O)(C(F)(F)F)C(F)(F)F)cc1)[S+]1CCCC1. The molecule has 0 aromatic heterocycles. The van der Waals surface area contributed by atoms with Crippen molar-refractivity contribution in [2.45, 2.75) is 56.8 Å². The van der Waals surface area contributed by atoms with Gasteiger partial charge in [-0.1, -0.05) is 20.8 Å². The maximum Gasteiger partial charge on any atom is 0.429 e. The first-order valence-electron chi connectivity index (χ1n) is 9.37. The Morgan fingerprint density at radius 1 is 1.00 bits per heavy atom. The third-order valence-corrected chi connectivity index (χ3v) is 8.16. The van der Waals surface area contributed by atoms with E-state index < -0.39 is 24.6 Å². The van der Waals surface area contributed by atoms with Gasteiger partial charge in [0.1, 0.15) is 23.9 Å². The molecule has 0 spiro atoms. The normalized spacial score (nSPS) is 17.8. The average Bonchev–Trinajstić information content (AvgIpc) is 3.10. The minimum atomic E-state index is -5.96. The average molecular weight is 459 g/mol. The quantitative estimate of drug-likeness (QED) is 0.373. The predicted molar refractivity (Wildman–Crippen MR) is 103 cm³/mol. The third kappa shape index (κ3) is 5.25. The molecule has 2 rings (SSSR count). The number of carbonyl (C=O) groups is 1. The summed E-state index contributed by atoms with van der Waals surface area (Å²) in [5, 5.41) is 8.93. The molecule has 1 aliphatic rings. The summed E-state index contributed by atoms with van der Waals surface area (Å²) in [4.78, 5) is 13.1. The lowest BCUT2D eigenvalue weighted by Gasteiger charge is -2.31. The van der Waals surface area contributed by atoms with Crippen LogP contribution >= 0.6 is 0 Å². The predicted octanol–water partition coefficient (Wildman–Crippen LogP) is 4.93. The van der Waals surface area contributed by atoms with Crippen LogP contribution < -0.4 is 4.74 Å². The molecule has 1 fully saturated rings. The molecule has 10 heteroatoms. The van der Waals surface area contributed by atoms with Gasteiger partial charge in [0.25, 0.3) is 5.60 Å². The van der Waals surface area contributed by atoms with E-state index in [1.54, 1.807) is 0 Å². The molecule has 1 unspecified atom stereocenters. The zero-order chi connectivity index (χ0) is 23.0. The first-order chi connectivity index (χ1) is 13.6. The fourth-order valence-electron chi connectivity index (χ4n) is 3.34. The van der Waals surface area contributed by atoms with E-state index in [4.69, 9.17) is 5.11 Å². The first-order valence-corrected chi connectivity index (χ1v) is 11.0. The van der Waals surface area contributed by atoms with Crippen molar-refractivity contribution in [3.63, 3.8) is 0 Å². The molecule has 1 aromatic carbocycles. The lowest BCUT2D eigenvalue weighted by molar-refractivity contribution is -0.373. The van der Waals surface area contributed by atoms with E-state index in [9.17, 15) is 31.1 Å². The monoisotopic (exact) mass is 459 g/mol. The van der Waals surface area contributed by atoms with Crippen molar-refractivity contribution in [1.82, 2.24) is 0 Å². The second-order valence-electron chi connectivity index (χ2n) is 8.43. The number of hydrogen-bond acceptors (Lipinski definition) is 3. The second kappa shape index (κ2) is 8.61. The maximum absolute atomic E-state index is 13.1. The minimum absolute atomic E-state index is 0.0695. The maximum atomic E-state index is 13.1. The van der Waals surface area contributed by atoms with Crippen molar-refractivity contribution in [3.05, 3.63) is 29.8 Å². The van der Waals surface area contributed by atoms with E-state index >= 15 is 0 Å². The summed E-state index contributed by atoms with van der Waals surface area (Å²) >= 11 is 0. The number of carbonyl (C=O) groups excluding carboxylic acids is 1. The molecule has 1 saturated heterocycles. The molecule has 1 heterocycles. The van der Waals surface area contributed by atoms with Crippen LogP contribution in [-0.4, -0.2) is 52.2 Å². The Hall–Kier alpha value is -1.42. The molecular weight excluding hydrogens is 434 g/mol. The highest BCUT2D eigenvalue weighted by Gasteiger charge is 2.71. The lowest BCUT2D eigenvalue weighted by Crippen LogP contribution is -2.60. The topological polar surface area (TPSA) is 46.5 Å². The molecule has 0 saturated carbocycles. The highest BCUT2D eigenvalue weighted by atomic mass is 32.2. The Morgan fingerprint density at radius 3 is 1.87 bits per heavy atom. The first kappa shape index (κ1) is 24.8. The summed E-state index contributed by atoms with van der Waals surface area (Å²) in [6.07, 6.45) is -9.78. The van der Waals surface area contributed by atoms with Crippen LogP contribution in [-0.2, 0) is 10.9 Å².